The topological polar surface area (TPSA) is 24.5 Å². The molecule has 0 aliphatic rings. The Morgan fingerprint density at radius 1 is 1.29 bits per heavy atom. The third-order valence-electron chi connectivity index (χ3n) is 3.95. The third-order valence-corrected chi connectivity index (χ3v) is 3.95. The van der Waals surface area contributed by atoms with Crippen LogP contribution in [0.2, 0.25) is 0 Å². The molecule has 0 aliphatic carbocycles. The van der Waals surface area contributed by atoms with Crippen molar-refractivity contribution in [3.63, 3.8) is 0 Å². The van der Waals surface area contributed by atoms with Gasteiger partial charge in [-0.1, -0.05) is 31.5 Å². The molecule has 0 spiro atoms. The van der Waals surface area contributed by atoms with Crippen LogP contribution in [0.25, 0.3) is 0 Å². The van der Waals surface area contributed by atoms with Gasteiger partial charge in [-0.15, -0.1) is 0 Å². The molecule has 0 amide bonds. The maximum absolute atomic E-state index is 5.29. The first-order valence-corrected chi connectivity index (χ1v) is 8.19. The van der Waals surface area contributed by atoms with E-state index in [1.54, 1.807) is 7.11 Å². The van der Waals surface area contributed by atoms with Gasteiger partial charge in [0.15, 0.2) is 0 Å². The van der Waals surface area contributed by atoms with Gasteiger partial charge < -0.3 is 15.0 Å². The molecule has 1 N–H and O–H groups in total. The van der Waals surface area contributed by atoms with Crippen molar-refractivity contribution in [1.82, 2.24) is 5.32 Å². The van der Waals surface area contributed by atoms with Crippen molar-refractivity contribution in [1.29, 1.82) is 0 Å². The molecule has 0 heterocycles. The second-order valence-corrected chi connectivity index (χ2v) is 5.75. The van der Waals surface area contributed by atoms with Gasteiger partial charge >= 0.3 is 0 Å². The molecular weight excluding hydrogens is 260 g/mol. The lowest BCUT2D eigenvalue weighted by molar-refractivity contribution is 0.203. The highest BCUT2D eigenvalue weighted by Crippen LogP contribution is 2.25. The summed E-state index contributed by atoms with van der Waals surface area (Å²) in [4.78, 5) is 2.48. The molecule has 0 saturated carbocycles. The average Bonchev–Trinajstić information content (AvgIpc) is 2.49. The van der Waals surface area contributed by atoms with Gasteiger partial charge in [-0.25, -0.2) is 0 Å². The number of hydrogen-bond donors (Lipinski definition) is 1. The van der Waals surface area contributed by atoms with Crippen LogP contribution in [-0.2, 0) is 11.3 Å². The van der Waals surface area contributed by atoms with E-state index in [0.717, 1.165) is 32.7 Å². The zero-order chi connectivity index (χ0) is 15.7. The number of hydrogen-bond acceptors (Lipinski definition) is 3. The van der Waals surface area contributed by atoms with Gasteiger partial charge in [0.25, 0.3) is 0 Å². The molecule has 0 bridgehead atoms. The van der Waals surface area contributed by atoms with Crippen molar-refractivity contribution in [2.24, 2.45) is 0 Å². The number of benzene rings is 1. The molecule has 21 heavy (non-hydrogen) atoms. The highest BCUT2D eigenvalue weighted by atomic mass is 16.5. The van der Waals surface area contributed by atoms with Crippen LogP contribution in [0.1, 0.15) is 44.7 Å². The largest absolute Gasteiger partial charge is 0.383 e. The first kappa shape index (κ1) is 18.0. The van der Waals surface area contributed by atoms with E-state index in [-0.39, 0.29) is 0 Å². The molecule has 1 aromatic carbocycles. The molecule has 1 atom stereocenters. The van der Waals surface area contributed by atoms with E-state index in [4.69, 9.17) is 4.74 Å². The second kappa shape index (κ2) is 9.80. The van der Waals surface area contributed by atoms with Crippen molar-refractivity contribution in [2.45, 2.75) is 53.1 Å². The van der Waals surface area contributed by atoms with Gasteiger partial charge in [0.2, 0.25) is 0 Å². The zero-order valence-electron chi connectivity index (χ0n) is 14.4. The number of nitrogens with zero attached hydrogens (tertiary/aromatic N) is 1. The van der Waals surface area contributed by atoms with Crippen molar-refractivity contribution < 1.29 is 4.74 Å². The summed E-state index contributed by atoms with van der Waals surface area (Å²) in [6.07, 6.45) is 2.30. The fourth-order valence-electron chi connectivity index (χ4n) is 2.52. The number of anilines is 1. The number of methoxy groups -OCH3 is 1. The molecule has 0 aliphatic heterocycles. The fourth-order valence-corrected chi connectivity index (χ4v) is 2.52. The maximum Gasteiger partial charge on any atom is 0.0637 e. The van der Waals surface area contributed by atoms with Crippen LogP contribution in [-0.4, -0.2) is 32.8 Å². The third kappa shape index (κ3) is 5.68. The summed E-state index contributed by atoms with van der Waals surface area (Å²) >= 11 is 0. The van der Waals surface area contributed by atoms with Gasteiger partial charge in [0, 0.05) is 31.9 Å². The van der Waals surface area contributed by atoms with E-state index in [1.807, 2.05) is 0 Å². The van der Waals surface area contributed by atoms with Gasteiger partial charge in [-0.05, 0) is 44.9 Å². The van der Waals surface area contributed by atoms with E-state index in [2.05, 4.69) is 56.1 Å². The van der Waals surface area contributed by atoms with Gasteiger partial charge in [0.1, 0.15) is 0 Å². The Morgan fingerprint density at radius 3 is 2.67 bits per heavy atom. The Morgan fingerprint density at radius 2 is 2.05 bits per heavy atom. The van der Waals surface area contributed by atoms with Gasteiger partial charge in [-0.3, -0.25) is 0 Å². The second-order valence-electron chi connectivity index (χ2n) is 5.75. The minimum Gasteiger partial charge on any atom is -0.383 e. The standard InChI is InChI=1S/C18H32N2O/c1-6-10-19-14-17-13-15(3)8-9-18(17)20(11-12-21-5)16(4)7-2/h8-9,13,16,19H,6-7,10-12,14H2,1-5H3. The zero-order valence-corrected chi connectivity index (χ0v) is 14.4. The average molecular weight is 292 g/mol. The maximum atomic E-state index is 5.29. The van der Waals surface area contributed by atoms with Crippen molar-refractivity contribution in [3.8, 4) is 0 Å². The van der Waals surface area contributed by atoms with Crippen molar-refractivity contribution >= 4 is 5.69 Å². The lowest BCUT2D eigenvalue weighted by Gasteiger charge is -2.32. The fraction of sp³-hybridized carbons (Fsp3) is 0.667. The molecular formula is C18H32N2O. The molecule has 0 radical (unpaired) electrons. The molecule has 1 unspecified atom stereocenters. The SMILES string of the molecule is CCCNCc1cc(C)ccc1N(CCOC)C(C)CC. The van der Waals surface area contributed by atoms with Gasteiger partial charge in [-0.2, -0.15) is 0 Å². The van der Waals surface area contributed by atoms with Crippen LogP contribution in [0, 0.1) is 6.92 Å². The normalized spacial score (nSPS) is 12.4. The van der Waals surface area contributed by atoms with Crippen molar-refractivity contribution in [2.75, 3.05) is 31.7 Å². The van der Waals surface area contributed by atoms with E-state index < -0.39 is 0 Å². The van der Waals surface area contributed by atoms with Crippen LogP contribution in [0.15, 0.2) is 18.2 Å². The first-order valence-electron chi connectivity index (χ1n) is 8.19. The van der Waals surface area contributed by atoms with Crippen LogP contribution in [0.5, 0.6) is 0 Å². The highest BCUT2D eigenvalue weighted by molar-refractivity contribution is 5.55. The monoisotopic (exact) mass is 292 g/mol. The summed E-state index contributed by atoms with van der Waals surface area (Å²) in [5.74, 6) is 0. The predicted molar refractivity (Wildman–Crippen MR) is 92.2 cm³/mol. The molecule has 0 fully saturated rings. The molecule has 0 saturated heterocycles. The number of nitrogens with one attached hydrogen (secondary N) is 1. The molecule has 1 rings (SSSR count). The Balaban J connectivity index is 2.98. The lowest BCUT2D eigenvalue weighted by Crippen LogP contribution is -2.36. The Hall–Kier alpha value is -1.06. The molecule has 1 aromatic rings. The number of ether oxygens (including phenoxy) is 1. The van der Waals surface area contributed by atoms with E-state index in [9.17, 15) is 0 Å². The minimum atomic E-state index is 0.521. The van der Waals surface area contributed by atoms with E-state index >= 15 is 0 Å². The predicted octanol–water partition coefficient (Wildman–Crippen LogP) is 3.75. The highest BCUT2D eigenvalue weighted by Gasteiger charge is 2.16. The quantitative estimate of drug-likeness (QED) is 0.665. The van der Waals surface area contributed by atoms with E-state index in [0.29, 0.717) is 6.04 Å². The summed E-state index contributed by atoms with van der Waals surface area (Å²) in [6.45, 7) is 12.6. The number of aryl methyl sites for hydroxylation is 1. The smallest absolute Gasteiger partial charge is 0.0637 e. The van der Waals surface area contributed by atoms with Crippen LogP contribution < -0.4 is 10.2 Å². The van der Waals surface area contributed by atoms with Crippen molar-refractivity contribution in [3.05, 3.63) is 29.3 Å². The molecule has 0 aromatic heterocycles. The lowest BCUT2D eigenvalue weighted by atomic mass is 10.1. The molecule has 120 valence electrons. The Labute approximate surface area is 130 Å². The van der Waals surface area contributed by atoms with Crippen LogP contribution in [0.4, 0.5) is 5.69 Å². The Bertz CT molecular complexity index is 406. The summed E-state index contributed by atoms with van der Waals surface area (Å²) in [5.41, 5.74) is 4.05. The first-order chi connectivity index (χ1) is 10.1. The van der Waals surface area contributed by atoms with Crippen LogP contribution in [0.3, 0.4) is 0 Å². The Kier molecular flexibility index (Phi) is 8.40. The van der Waals surface area contributed by atoms with E-state index in [1.165, 1.54) is 23.2 Å². The summed E-state index contributed by atoms with van der Waals surface area (Å²) in [6, 6.07) is 7.30. The van der Waals surface area contributed by atoms with Gasteiger partial charge in [0.05, 0.1) is 6.61 Å². The number of rotatable bonds is 10. The summed E-state index contributed by atoms with van der Waals surface area (Å²) in [7, 11) is 1.77. The summed E-state index contributed by atoms with van der Waals surface area (Å²) < 4.78 is 5.29. The molecule has 3 nitrogen and oxygen atoms in total. The minimum absolute atomic E-state index is 0.521. The summed E-state index contributed by atoms with van der Waals surface area (Å²) in [5, 5.41) is 3.53. The molecule has 3 heteroatoms. The van der Waals surface area contributed by atoms with Crippen LogP contribution >= 0.6 is 0 Å².